The minimum atomic E-state index is -0.741. The molecule has 1 saturated heterocycles. The van der Waals surface area contributed by atoms with Crippen molar-refractivity contribution in [1.29, 1.82) is 0 Å². The van der Waals surface area contributed by atoms with Crippen LogP contribution in [-0.2, 0) is 4.79 Å². The molecule has 1 heterocycles. The Morgan fingerprint density at radius 2 is 1.79 bits per heavy atom. The van der Waals surface area contributed by atoms with Crippen LogP contribution in [0.4, 0.5) is 16.2 Å². The standard InChI is InChI=1S/C17H14Cl2N2O2S/c1-9-3-5-12(7-10(9)2)21-16(22)15(24-17(21)23)20-14-8-11(18)4-6-13(14)19/h3-8,15,20H,1-2H3. The summed E-state index contributed by atoms with van der Waals surface area (Å²) in [6.07, 6.45) is 0. The molecule has 1 atom stereocenters. The van der Waals surface area contributed by atoms with Crippen LogP contribution in [0.15, 0.2) is 36.4 Å². The Hall–Kier alpha value is -1.69. The number of hydrogen-bond acceptors (Lipinski definition) is 4. The van der Waals surface area contributed by atoms with E-state index in [-0.39, 0.29) is 11.1 Å². The van der Waals surface area contributed by atoms with E-state index in [2.05, 4.69) is 5.32 Å². The van der Waals surface area contributed by atoms with Gasteiger partial charge in [0.25, 0.3) is 11.1 Å². The van der Waals surface area contributed by atoms with Gasteiger partial charge in [0.2, 0.25) is 0 Å². The van der Waals surface area contributed by atoms with Gasteiger partial charge < -0.3 is 5.32 Å². The average Bonchev–Trinajstić information content (AvgIpc) is 2.80. The molecule has 1 fully saturated rings. The van der Waals surface area contributed by atoms with E-state index in [0.717, 1.165) is 22.9 Å². The van der Waals surface area contributed by atoms with Gasteiger partial charge in [0.1, 0.15) is 0 Å². The number of anilines is 2. The molecule has 1 aliphatic rings. The summed E-state index contributed by atoms with van der Waals surface area (Å²) in [6, 6.07) is 10.4. The van der Waals surface area contributed by atoms with E-state index in [1.807, 2.05) is 26.0 Å². The van der Waals surface area contributed by atoms with Crippen LogP contribution in [0.3, 0.4) is 0 Å². The van der Waals surface area contributed by atoms with Gasteiger partial charge in [-0.1, -0.05) is 29.3 Å². The molecule has 4 nitrogen and oxygen atoms in total. The Bertz CT molecular complexity index is 841. The first-order valence-electron chi connectivity index (χ1n) is 7.20. The zero-order chi connectivity index (χ0) is 17.4. The number of halogens is 2. The monoisotopic (exact) mass is 380 g/mol. The molecular formula is C17H14Cl2N2O2S. The maximum atomic E-state index is 12.7. The molecule has 0 saturated carbocycles. The number of benzene rings is 2. The van der Waals surface area contributed by atoms with Crippen molar-refractivity contribution in [2.45, 2.75) is 19.2 Å². The zero-order valence-corrected chi connectivity index (χ0v) is 15.3. The van der Waals surface area contributed by atoms with Gasteiger partial charge in [-0.15, -0.1) is 0 Å². The molecule has 7 heteroatoms. The van der Waals surface area contributed by atoms with E-state index in [1.165, 1.54) is 4.90 Å². The van der Waals surface area contributed by atoms with Crippen molar-refractivity contribution in [2.75, 3.05) is 10.2 Å². The van der Waals surface area contributed by atoms with Crippen LogP contribution in [0.1, 0.15) is 11.1 Å². The summed E-state index contributed by atoms with van der Waals surface area (Å²) in [6.45, 7) is 3.92. The van der Waals surface area contributed by atoms with E-state index in [9.17, 15) is 9.59 Å². The summed E-state index contributed by atoms with van der Waals surface area (Å²) in [4.78, 5) is 26.1. The lowest BCUT2D eigenvalue weighted by Gasteiger charge is -2.16. The number of carbonyl (C=O) groups excluding carboxylic acids is 2. The lowest BCUT2D eigenvalue weighted by Crippen LogP contribution is -2.34. The minimum Gasteiger partial charge on any atom is -0.364 e. The number of thioether (sulfide) groups is 1. The van der Waals surface area contributed by atoms with Crippen LogP contribution in [0.5, 0.6) is 0 Å². The van der Waals surface area contributed by atoms with E-state index < -0.39 is 5.37 Å². The van der Waals surface area contributed by atoms with Gasteiger partial charge >= 0.3 is 0 Å². The van der Waals surface area contributed by atoms with Gasteiger partial charge in [-0.25, -0.2) is 4.90 Å². The van der Waals surface area contributed by atoms with Gasteiger partial charge in [0, 0.05) is 5.02 Å². The van der Waals surface area contributed by atoms with Crippen molar-refractivity contribution in [1.82, 2.24) is 0 Å². The molecule has 0 aromatic heterocycles. The summed E-state index contributed by atoms with van der Waals surface area (Å²) in [5.41, 5.74) is 3.21. The third-order valence-electron chi connectivity index (χ3n) is 3.81. The first kappa shape index (κ1) is 17.1. The van der Waals surface area contributed by atoms with E-state index in [1.54, 1.807) is 24.3 Å². The van der Waals surface area contributed by atoms with E-state index >= 15 is 0 Å². The fraction of sp³-hybridized carbons (Fsp3) is 0.176. The Balaban J connectivity index is 1.86. The minimum absolute atomic E-state index is 0.320. The number of imide groups is 1. The number of aryl methyl sites for hydroxylation is 2. The van der Waals surface area contributed by atoms with Gasteiger partial charge in [-0.2, -0.15) is 0 Å². The second-order valence-corrected chi connectivity index (χ2v) is 7.37. The Labute approximate surface area is 154 Å². The van der Waals surface area contributed by atoms with Crippen molar-refractivity contribution >= 4 is 57.5 Å². The van der Waals surface area contributed by atoms with Crippen LogP contribution >= 0.6 is 35.0 Å². The topological polar surface area (TPSA) is 49.4 Å². The molecular weight excluding hydrogens is 367 g/mol. The van der Waals surface area contributed by atoms with Crippen molar-refractivity contribution in [2.24, 2.45) is 0 Å². The molecule has 2 aromatic carbocycles. The quantitative estimate of drug-likeness (QED) is 0.789. The Morgan fingerprint density at radius 3 is 2.50 bits per heavy atom. The highest BCUT2D eigenvalue weighted by Gasteiger charge is 2.41. The number of carbonyl (C=O) groups is 2. The normalized spacial score (nSPS) is 17.5. The van der Waals surface area contributed by atoms with Crippen LogP contribution in [0, 0.1) is 13.8 Å². The molecule has 2 amide bonds. The fourth-order valence-electron chi connectivity index (χ4n) is 2.35. The van der Waals surface area contributed by atoms with Gasteiger partial charge in [0.05, 0.1) is 16.4 Å². The van der Waals surface area contributed by atoms with E-state index in [4.69, 9.17) is 23.2 Å². The molecule has 1 N–H and O–H groups in total. The predicted molar refractivity (Wildman–Crippen MR) is 100 cm³/mol. The molecule has 2 aromatic rings. The lowest BCUT2D eigenvalue weighted by atomic mass is 10.1. The van der Waals surface area contributed by atoms with Gasteiger partial charge in [-0.05, 0) is 67.1 Å². The average molecular weight is 381 g/mol. The summed E-state index contributed by atoms with van der Waals surface area (Å²) < 4.78 is 0. The van der Waals surface area contributed by atoms with Crippen molar-refractivity contribution < 1.29 is 9.59 Å². The predicted octanol–water partition coefficient (Wildman–Crippen LogP) is 5.25. The summed E-state index contributed by atoms with van der Waals surface area (Å²) in [5.74, 6) is -0.329. The first-order valence-corrected chi connectivity index (χ1v) is 8.84. The largest absolute Gasteiger partial charge is 0.364 e. The number of nitrogens with one attached hydrogen (secondary N) is 1. The highest BCUT2D eigenvalue weighted by atomic mass is 35.5. The van der Waals surface area contributed by atoms with Crippen LogP contribution < -0.4 is 10.2 Å². The van der Waals surface area contributed by atoms with Crippen molar-refractivity contribution in [3.05, 3.63) is 57.6 Å². The first-order chi connectivity index (χ1) is 11.4. The summed E-state index contributed by atoms with van der Waals surface area (Å²) >= 11 is 13.0. The molecule has 0 aliphatic carbocycles. The third kappa shape index (κ3) is 3.24. The molecule has 24 heavy (non-hydrogen) atoms. The second kappa shape index (κ2) is 6.67. The fourth-order valence-corrected chi connectivity index (χ4v) is 3.59. The van der Waals surface area contributed by atoms with Crippen molar-refractivity contribution in [3.8, 4) is 0 Å². The van der Waals surface area contributed by atoms with Crippen LogP contribution in [0.2, 0.25) is 10.0 Å². The highest BCUT2D eigenvalue weighted by molar-refractivity contribution is 8.16. The Morgan fingerprint density at radius 1 is 1.04 bits per heavy atom. The van der Waals surface area contributed by atoms with Gasteiger partial charge in [0.15, 0.2) is 5.37 Å². The van der Waals surface area contributed by atoms with Crippen LogP contribution in [-0.4, -0.2) is 16.5 Å². The SMILES string of the molecule is Cc1ccc(N2C(=O)SC(Nc3cc(Cl)ccc3Cl)C2=O)cc1C. The Kier molecular flexibility index (Phi) is 4.76. The maximum absolute atomic E-state index is 12.7. The number of amides is 2. The van der Waals surface area contributed by atoms with E-state index in [0.29, 0.717) is 21.4 Å². The molecule has 124 valence electrons. The number of rotatable bonds is 3. The molecule has 3 rings (SSSR count). The molecule has 1 aliphatic heterocycles. The van der Waals surface area contributed by atoms with Crippen LogP contribution in [0.25, 0.3) is 0 Å². The smallest absolute Gasteiger partial charge is 0.295 e. The highest BCUT2D eigenvalue weighted by Crippen LogP contribution is 2.35. The molecule has 1 unspecified atom stereocenters. The molecule has 0 spiro atoms. The third-order valence-corrected chi connectivity index (χ3v) is 5.31. The lowest BCUT2D eigenvalue weighted by molar-refractivity contribution is -0.116. The zero-order valence-electron chi connectivity index (χ0n) is 13.0. The molecule has 0 bridgehead atoms. The maximum Gasteiger partial charge on any atom is 0.295 e. The number of nitrogens with zero attached hydrogens (tertiary/aromatic N) is 1. The molecule has 0 radical (unpaired) electrons. The number of hydrogen-bond donors (Lipinski definition) is 1. The summed E-state index contributed by atoms with van der Waals surface area (Å²) in [7, 11) is 0. The second-order valence-electron chi connectivity index (χ2n) is 5.47. The van der Waals surface area contributed by atoms with Crippen molar-refractivity contribution in [3.63, 3.8) is 0 Å². The summed E-state index contributed by atoms with van der Waals surface area (Å²) in [5, 5.41) is 2.86. The van der Waals surface area contributed by atoms with Gasteiger partial charge in [-0.3, -0.25) is 9.59 Å².